The Hall–Kier alpha value is -1.39. The van der Waals surface area contributed by atoms with Gasteiger partial charge in [-0.05, 0) is 24.3 Å². The predicted octanol–water partition coefficient (Wildman–Crippen LogP) is 2.67. The van der Waals surface area contributed by atoms with Gasteiger partial charge < -0.3 is 15.6 Å². The van der Waals surface area contributed by atoms with E-state index in [1.807, 2.05) is 30.3 Å². The van der Waals surface area contributed by atoms with Gasteiger partial charge in [0.2, 0.25) is 0 Å². The molecule has 1 unspecified atom stereocenters. The number of benzene rings is 1. The summed E-state index contributed by atoms with van der Waals surface area (Å²) in [5.74, 6) is -0.963. The molecule has 0 aromatic heterocycles. The highest BCUT2D eigenvalue weighted by atomic mass is 16.5. The molecule has 4 nitrogen and oxygen atoms in total. The van der Waals surface area contributed by atoms with E-state index in [0.717, 1.165) is 12.0 Å². The van der Waals surface area contributed by atoms with E-state index in [9.17, 15) is 4.79 Å². The van der Waals surface area contributed by atoms with Gasteiger partial charge in [0.15, 0.2) is 0 Å². The molecule has 0 spiro atoms. The summed E-state index contributed by atoms with van der Waals surface area (Å²) in [5, 5.41) is 8.90. The van der Waals surface area contributed by atoms with E-state index < -0.39 is 11.9 Å². The van der Waals surface area contributed by atoms with Crippen LogP contribution in [0.25, 0.3) is 0 Å². The number of ether oxygens (including phenoxy) is 1. The lowest BCUT2D eigenvalue weighted by atomic mass is 9.92. The molecule has 0 fully saturated rings. The number of rotatable bonds is 9. The van der Waals surface area contributed by atoms with E-state index in [-0.39, 0.29) is 6.04 Å². The van der Waals surface area contributed by atoms with Crippen molar-refractivity contribution in [3.63, 3.8) is 0 Å². The molecule has 1 rings (SSSR count). The summed E-state index contributed by atoms with van der Waals surface area (Å²) in [5.41, 5.74) is 7.06. The summed E-state index contributed by atoms with van der Waals surface area (Å²) in [6.07, 6.45) is 1.61. The molecule has 20 heavy (non-hydrogen) atoms. The second-order valence-electron chi connectivity index (χ2n) is 5.46. The van der Waals surface area contributed by atoms with E-state index in [2.05, 4.69) is 6.92 Å². The number of hydrogen-bond acceptors (Lipinski definition) is 3. The lowest BCUT2D eigenvalue weighted by molar-refractivity contribution is -0.141. The summed E-state index contributed by atoms with van der Waals surface area (Å²) < 4.78 is 5.62. The van der Waals surface area contributed by atoms with Gasteiger partial charge in [-0.3, -0.25) is 4.79 Å². The Morgan fingerprint density at radius 2 is 1.95 bits per heavy atom. The van der Waals surface area contributed by atoms with E-state index >= 15 is 0 Å². The molecular weight excluding hydrogens is 254 g/mol. The van der Waals surface area contributed by atoms with Gasteiger partial charge in [0.05, 0.1) is 12.5 Å². The summed E-state index contributed by atoms with van der Waals surface area (Å²) in [4.78, 5) is 10.8. The Morgan fingerprint density at radius 3 is 2.55 bits per heavy atom. The topological polar surface area (TPSA) is 72.5 Å². The minimum atomic E-state index is -0.829. The van der Waals surface area contributed by atoms with Crippen molar-refractivity contribution < 1.29 is 14.6 Å². The minimum Gasteiger partial charge on any atom is -0.481 e. The van der Waals surface area contributed by atoms with E-state index in [1.165, 1.54) is 0 Å². The SMILES string of the molecule is CC(C(=O)O)[C@@H](N)C[C@H](C)CCOCc1ccccc1. The molecule has 0 saturated heterocycles. The summed E-state index contributed by atoms with van der Waals surface area (Å²) in [6.45, 7) is 5.03. The molecule has 3 atom stereocenters. The van der Waals surface area contributed by atoms with Gasteiger partial charge in [-0.2, -0.15) is 0 Å². The Labute approximate surface area is 120 Å². The van der Waals surface area contributed by atoms with E-state index in [1.54, 1.807) is 6.92 Å². The number of carboxylic acids is 1. The maximum atomic E-state index is 10.8. The maximum Gasteiger partial charge on any atom is 0.307 e. The van der Waals surface area contributed by atoms with Gasteiger partial charge in [-0.1, -0.05) is 44.2 Å². The van der Waals surface area contributed by atoms with Crippen LogP contribution >= 0.6 is 0 Å². The summed E-state index contributed by atoms with van der Waals surface area (Å²) >= 11 is 0. The highest BCUT2D eigenvalue weighted by Crippen LogP contribution is 2.15. The van der Waals surface area contributed by atoms with Crippen LogP contribution in [0.5, 0.6) is 0 Å². The number of nitrogens with two attached hydrogens (primary N) is 1. The highest BCUT2D eigenvalue weighted by molar-refractivity contribution is 5.70. The molecule has 0 aliphatic carbocycles. The monoisotopic (exact) mass is 279 g/mol. The van der Waals surface area contributed by atoms with Gasteiger partial charge in [-0.25, -0.2) is 0 Å². The minimum absolute atomic E-state index is 0.295. The van der Waals surface area contributed by atoms with Crippen LogP contribution in [-0.4, -0.2) is 23.7 Å². The predicted molar refractivity (Wildman–Crippen MR) is 79.3 cm³/mol. The Balaban J connectivity index is 2.17. The molecule has 0 amide bonds. The first-order valence-corrected chi connectivity index (χ1v) is 7.10. The first kappa shape index (κ1) is 16.7. The zero-order chi connectivity index (χ0) is 15.0. The normalized spacial score (nSPS) is 15.6. The van der Waals surface area contributed by atoms with Gasteiger partial charge >= 0.3 is 5.97 Å². The van der Waals surface area contributed by atoms with Crippen LogP contribution in [0.1, 0.15) is 32.3 Å². The third-order valence-electron chi connectivity index (χ3n) is 3.57. The largest absolute Gasteiger partial charge is 0.481 e. The lowest BCUT2D eigenvalue weighted by Crippen LogP contribution is -2.35. The average molecular weight is 279 g/mol. The first-order valence-electron chi connectivity index (χ1n) is 7.10. The fourth-order valence-corrected chi connectivity index (χ4v) is 2.02. The zero-order valence-electron chi connectivity index (χ0n) is 12.3. The molecule has 112 valence electrons. The fraction of sp³-hybridized carbons (Fsp3) is 0.562. The van der Waals surface area contributed by atoms with Crippen LogP contribution in [-0.2, 0) is 16.1 Å². The number of aliphatic carboxylic acids is 1. The standard InChI is InChI=1S/C16H25NO3/c1-12(10-15(17)13(2)16(18)19)8-9-20-11-14-6-4-3-5-7-14/h3-7,12-13,15H,8-11,17H2,1-2H3,(H,18,19)/t12-,13?,15+/m1/s1. The van der Waals surface area contributed by atoms with Crippen LogP contribution in [0.4, 0.5) is 0 Å². The van der Waals surface area contributed by atoms with Crippen molar-refractivity contribution in [2.75, 3.05) is 6.61 Å². The summed E-state index contributed by atoms with van der Waals surface area (Å²) in [6, 6.07) is 9.75. The third kappa shape index (κ3) is 6.17. The highest BCUT2D eigenvalue weighted by Gasteiger charge is 2.21. The van der Waals surface area contributed by atoms with Crippen molar-refractivity contribution >= 4 is 5.97 Å². The Morgan fingerprint density at radius 1 is 1.30 bits per heavy atom. The molecule has 0 aliphatic heterocycles. The van der Waals surface area contributed by atoms with Gasteiger partial charge in [0.1, 0.15) is 0 Å². The third-order valence-corrected chi connectivity index (χ3v) is 3.57. The van der Waals surface area contributed by atoms with Crippen molar-refractivity contribution in [3.8, 4) is 0 Å². The molecule has 0 saturated carbocycles. The van der Waals surface area contributed by atoms with Gasteiger partial charge in [0.25, 0.3) is 0 Å². The summed E-state index contributed by atoms with van der Waals surface area (Å²) in [7, 11) is 0. The van der Waals surface area contributed by atoms with E-state index in [4.69, 9.17) is 15.6 Å². The van der Waals surface area contributed by atoms with Gasteiger partial charge in [-0.15, -0.1) is 0 Å². The second kappa shape index (κ2) is 8.72. The Bertz CT molecular complexity index is 394. The molecule has 1 aromatic carbocycles. The molecule has 0 heterocycles. The van der Waals surface area contributed by atoms with Crippen LogP contribution < -0.4 is 5.73 Å². The van der Waals surface area contributed by atoms with E-state index in [0.29, 0.717) is 25.6 Å². The zero-order valence-corrected chi connectivity index (χ0v) is 12.3. The van der Waals surface area contributed by atoms with Crippen LogP contribution in [0.2, 0.25) is 0 Å². The Kier molecular flexibility index (Phi) is 7.26. The quantitative estimate of drug-likeness (QED) is 0.682. The van der Waals surface area contributed by atoms with Gasteiger partial charge in [0, 0.05) is 12.6 Å². The molecule has 4 heteroatoms. The smallest absolute Gasteiger partial charge is 0.307 e. The number of carbonyl (C=O) groups is 1. The van der Waals surface area contributed by atoms with Crippen molar-refractivity contribution in [3.05, 3.63) is 35.9 Å². The van der Waals surface area contributed by atoms with Crippen molar-refractivity contribution in [1.29, 1.82) is 0 Å². The average Bonchev–Trinajstić information content (AvgIpc) is 2.43. The van der Waals surface area contributed by atoms with Crippen LogP contribution in [0, 0.1) is 11.8 Å². The number of carboxylic acid groups (broad SMARTS) is 1. The van der Waals surface area contributed by atoms with Crippen molar-refractivity contribution in [2.45, 2.75) is 39.3 Å². The fourth-order valence-electron chi connectivity index (χ4n) is 2.02. The number of hydrogen-bond donors (Lipinski definition) is 2. The molecule has 0 radical (unpaired) electrons. The first-order chi connectivity index (χ1) is 9.50. The molecule has 0 aliphatic rings. The second-order valence-corrected chi connectivity index (χ2v) is 5.46. The van der Waals surface area contributed by atoms with Crippen LogP contribution in [0.15, 0.2) is 30.3 Å². The molecular formula is C16H25NO3. The maximum absolute atomic E-state index is 10.8. The van der Waals surface area contributed by atoms with Crippen molar-refractivity contribution in [1.82, 2.24) is 0 Å². The molecule has 3 N–H and O–H groups in total. The van der Waals surface area contributed by atoms with Crippen LogP contribution in [0.3, 0.4) is 0 Å². The molecule has 1 aromatic rings. The molecule has 0 bridgehead atoms. The van der Waals surface area contributed by atoms with Crippen molar-refractivity contribution in [2.24, 2.45) is 17.6 Å². The lowest BCUT2D eigenvalue weighted by Gasteiger charge is -2.20.